The second kappa shape index (κ2) is 74.1. The van der Waals surface area contributed by atoms with Crippen LogP contribution < -0.4 is 0 Å². The normalized spacial score (nSPS) is 14.2. The molecule has 1 N–H and O–H groups in total. The first-order valence-corrected chi connectivity index (χ1v) is 39.7. The van der Waals surface area contributed by atoms with Crippen molar-refractivity contribution >= 4 is 19.8 Å². The number of esters is 2. The first kappa shape index (κ1) is 90.8. The Morgan fingerprint density at radius 1 is 0.323 bits per heavy atom. The molecule has 0 aromatic heterocycles. The van der Waals surface area contributed by atoms with Crippen LogP contribution in [0.15, 0.2) is 194 Å². The summed E-state index contributed by atoms with van der Waals surface area (Å²) in [5, 5.41) is 0. The average molecular weight is 1350 g/mol. The van der Waals surface area contributed by atoms with Gasteiger partial charge in [-0.15, -0.1) is 0 Å². The quantitative estimate of drug-likeness (QED) is 0.0211. The lowest BCUT2D eigenvalue weighted by Gasteiger charge is -2.24. The Kier molecular flexibility index (Phi) is 70.1. The third kappa shape index (κ3) is 77.9. The molecule has 0 saturated heterocycles. The molecule has 0 aromatic rings. The van der Waals surface area contributed by atoms with Crippen LogP contribution in [0.1, 0.15) is 284 Å². The second-order valence-electron chi connectivity index (χ2n) is 25.9. The molecule has 2 atom stereocenters. The minimum atomic E-state index is -4.41. The highest BCUT2D eigenvalue weighted by atomic mass is 31.2. The van der Waals surface area contributed by atoms with E-state index in [9.17, 15) is 19.0 Å². The highest BCUT2D eigenvalue weighted by Crippen LogP contribution is 2.43. The van der Waals surface area contributed by atoms with E-state index in [2.05, 4.69) is 208 Å². The number of nitrogens with zero attached hydrogens (tertiary/aromatic N) is 1. The molecule has 0 amide bonds. The molecule has 0 aliphatic heterocycles. The van der Waals surface area contributed by atoms with E-state index in [1.165, 1.54) is 89.9 Å². The van der Waals surface area contributed by atoms with E-state index >= 15 is 0 Å². The Hall–Kier alpha value is -5.15. The molecule has 0 aliphatic carbocycles. The molecule has 0 rings (SSSR count). The van der Waals surface area contributed by atoms with E-state index < -0.39 is 26.5 Å². The number of rotatable bonds is 68. The molecule has 0 radical (unpaired) electrons. The van der Waals surface area contributed by atoms with Gasteiger partial charge in [-0.3, -0.25) is 18.6 Å². The average Bonchev–Trinajstić information content (AvgIpc) is 2.72. The Morgan fingerprint density at radius 2 is 0.562 bits per heavy atom. The number of likely N-dealkylation sites (N-methyl/N-ethyl adjacent to an activating group) is 1. The number of quaternary nitrogens is 1. The van der Waals surface area contributed by atoms with Gasteiger partial charge in [-0.25, -0.2) is 4.57 Å². The van der Waals surface area contributed by atoms with Crippen LogP contribution in [0.3, 0.4) is 0 Å². The zero-order valence-corrected chi connectivity index (χ0v) is 62.7. The maximum atomic E-state index is 12.9. The van der Waals surface area contributed by atoms with Gasteiger partial charge in [-0.1, -0.05) is 324 Å². The number of hydrogen-bond donors (Lipinski definition) is 1. The Labute approximate surface area is 590 Å². The summed E-state index contributed by atoms with van der Waals surface area (Å²) in [6.45, 7) is 4.18. The van der Waals surface area contributed by atoms with Crippen molar-refractivity contribution in [3.05, 3.63) is 194 Å². The first-order valence-electron chi connectivity index (χ1n) is 38.2. The van der Waals surface area contributed by atoms with Crippen molar-refractivity contribution in [1.29, 1.82) is 0 Å². The van der Waals surface area contributed by atoms with Crippen LogP contribution in [0.5, 0.6) is 0 Å². The number of unbranched alkanes of at least 4 members (excludes halogenated alkanes) is 22. The summed E-state index contributed by atoms with van der Waals surface area (Å²) in [4.78, 5) is 36.0. The summed E-state index contributed by atoms with van der Waals surface area (Å²) in [5.74, 6) is -0.821. The van der Waals surface area contributed by atoms with Gasteiger partial charge in [0.05, 0.1) is 27.7 Å². The topological polar surface area (TPSA) is 108 Å². The van der Waals surface area contributed by atoms with Gasteiger partial charge in [0, 0.05) is 12.8 Å². The number of phosphoric acid groups is 1. The molecule has 0 saturated carbocycles. The van der Waals surface area contributed by atoms with Crippen LogP contribution >= 0.6 is 7.82 Å². The predicted molar refractivity (Wildman–Crippen MR) is 417 cm³/mol. The summed E-state index contributed by atoms with van der Waals surface area (Å²) in [6, 6.07) is 0. The Balaban J connectivity index is 4.11. The maximum Gasteiger partial charge on any atom is 0.472 e. The molecule has 0 heterocycles. The fourth-order valence-electron chi connectivity index (χ4n) is 9.87. The van der Waals surface area contributed by atoms with Crippen LogP contribution in [0.4, 0.5) is 0 Å². The van der Waals surface area contributed by atoms with Gasteiger partial charge < -0.3 is 18.9 Å². The van der Waals surface area contributed by atoms with Crippen LogP contribution in [0, 0.1) is 0 Å². The van der Waals surface area contributed by atoms with Crippen molar-refractivity contribution in [3.63, 3.8) is 0 Å². The summed E-state index contributed by atoms with van der Waals surface area (Å²) in [7, 11) is 1.45. The zero-order chi connectivity index (χ0) is 69.7. The Morgan fingerprint density at radius 3 is 0.833 bits per heavy atom. The number of phosphoric ester groups is 1. The monoisotopic (exact) mass is 1350 g/mol. The van der Waals surface area contributed by atoms with E-state index in [1.54, 1.807) is 0 Å². The van der Waals surface area contributed by atoms with E-state index in [0.717, 1.165) is 161 Å². The van der Waals surface area contributed by atoms with Crippen molar-refractivity contribution in [2.75, 3.05) is 47.5 Å². The van der Waals surface area contributed by atoms with Gasteiger partial charge in [0.25, 0.3) is 0 Å². The fourth-order valence-corrected chi connectivity index (χ4v) is 10.6. The van der Waals surface area contributed by atoms with E-state index in [-0.39, 0.29) is 32.0 Å². The molecular weight excluding hydrogens is 1210 g/mol. The highest BCUT2D eigenvalue weighted by Gasteiger charge is 2.27. The SMILES string of the molecule is CC/C=C\C/C=C\C/C=C\C/C=C\C/C=C\C/C=C\C/C=C\C/C=C\C/C=C\C/C=C\CCCCCCCCC(=O)OC(COC(=O)CCCCCCCCCCCCCCCCCC/C=C\C/C=C\C/C=C\C/C=C\C/C=C\C/C=C\CC)COP(=O)(O)OCC[N+](C)(C)C. The number of carbonyl (C=O) groups excluding carboxylic acids is 2. The lowest BCUT2D eigenvalue weighted by atomic mass is 10.0. The second-order valence-corrected chi connectivity index (χ2v) is 27.4. The molecule has 0 aromatic carbocycles. The van der Waals surface area contributed by atoms with E-state index in [1.807, 2.05) is 21.1 Å². The largest absolute Gasteiger partial charge is 0.472 e. The summed E-state index contributed by atoms with van der Waals surface area (Å²) in [6.07, 6.45) is 115. The highest BCUT2D eigenvalue weighted by molar-refractivity contribution is 7.47. The molecule has 0 bridgehead atoms. The van der Waals surface area contributed by atoms with E-state index in [0.29, 0.717) is 17.4 Å². The molecule has 0 spiro atoms. The van der Waals surface area contributed by atoms with Crippen LogP contribution in [-0.4, -0.2) is 74.9 Å². The standard InChI is InChI=1S/C86H140NO8P/c1-6-8-10-12-14-16-18-20-22-24-26-28-30-32-34-36-38-40-42-43-45-47-49-51-53-55-57-59-61-63-65-67-69-71-73-75-77-79-86(89)95-84(83-94-96(90,91)93-81-80-87(3,4)5)82-92-85(88)78-76-74-72-70-68-66-64-62-60-58-56-54-52-50-48-46-44-41-39-37-35-33-31-29-27-25-23-21-19-17-15-13-11-9-7-2/h8-11,14-17,20-23,26-29,32-35,38-41,43,45,49,51,55,57,61,63,84H,6-7,12-13,18-19,24-25,30-31,36-37,42,44,46-48,50,52-54,56,58-60,62,64-83H2,1-5H3/p+1/b10-8-,11-9-,16-14-,17-15-,22-20-,23-21-,28-26-,29-27-,34-32-,35-33-,40-38-,41-39-,45-43-,51-49-,57-55-,63-61-. The first-order chi connectivity index (χ1) is 47.0. The number of allylic oxidation sites excluding steroid dienone is 32. The van der Waals surface area contributed by atoms with Gasteiger partial charge in [0.2, 0.25) is 0 Å². The van der Waals surface area contributed by atoms with Gasteiger partial charge >= 0.3 is 19.8 Å². The zero-order valence-electron chi connectivity index (χ0n) is 61.8. The third-order valence-corrected chi connectivity index (χ3v) is 16.6. The van der Waals surface area contributed by atoms with Crippen LogP contribution in [0.2, 0.25) is 0 Å². The van der Waals surface area contributed by atoms with Gasteiger partial charge in [-0.2, -0.15) is 0 Å². The minimum absolute atomic E-state index is 0.0195. The molecule has 9 nitrogen and oxygen atoms in total. The van der Waals surface area contributed by atoms with Gasteiger partial charge in [0.15, 0.2) is 6.10 Å². The van der Waals surface area contributed by atoms with Gasteiger partial charge in [0.1, 0.15) is 19.8 Å². The lowest BCUT2D eigenvalue weighted by molar-refractivity contribution is -0.870. The number of hydrogen-bond acceptors (Lipinski definition) is 7. The van der Waals surface area contributed by atoms with E-state index in [4.69, 9.17) is 18.5 Å². The molecule has 2 unspecified atom stereocenters. The molecule has 542 valence electrons. The fraction of sp³-hybridized carbons (Fsp3) is 0.605. The summed E-state index contributed by atoms with van der Waals surface area (Å²) >= 11 is 0. The van der Waals surface area contributed by atoms with Crippen molar-refractivity contribution in [1.82, 2.24) is 0 Å². The number of carbonyl (C=O) groups is 2. The van der Waals surface area contributed by atoms with Crippen molar-refractivity contribution in [2.45, 2.75) is 290 Å². The van der Waals surface area contributed by atoms with Crippen LogP contribution in [0.25, 0.3) is 0 Å². The van der Waals surface area contributed by atoms with Gasteiger partial charge in [-0.05, 0) is 141 Å². The maximum absolute atomic E-state index is 12.9. The smallest absolute Gasteiger partial charge is 0.462 e. The van der Waals surface area contributed by atoms with Crippen molar-refractivity contribution < 1.29 is 42.1 Å². The van der Waals surface area contributed by atoms with Crippen molar-refractivity contribution in [3.8, 4) is 0 Å². The number of ether oxygens (including phenoxy) is 2. The molecule has 0 aliphatic rings. The molecule has 0 fully saturated rings. The molecule has 10 heteroatoms. The predicted octanol–water partition coefficient (Wildman–Crippen LogP) is 25.6. The summed E-state index contributed by atoms with van der Waals surface area (Å²) in [5.41, 5.74) is 0. The third-order valence-electron chi connectivity index (χ3n) is 15.6. The minimum Gasteiger partial charge on any atom is -0.462 e. The molecule has 96 heavy (non-hydrogen) atoms. The van der Waals surface area contributed by atoms with Crippen LogP contribution in [-0.2, 0) is 32.7 Å². The summed E-state index contributed by atoms with van der Waals surface area (Å²) < 4.78 is 34.8. The lowest BCUT2D eigenvalue weighted by Crippen LogP contribution is -2.37. The molecular formula is C86H141NO8P+. The van der Waals surface area contributed by atoms with Crippen molar-refractivity contribution in [2.24, 2.45) is 0 Å². The Bertz CT molecular complexity index is 2330.